The van der Waals surface area contributed by atoms with E-state index in [4.69, 9.17) is 5.73 Å². The first-order chi connectivity index (χ1) is 8.19. The van der Waals surface area contributed by atoms with Crippen LogP contribution < -0.4 is 5.73 Å². The Labute approximate surface area is 102 Å². The summed E-state index contributed by atoms with van der Waals surface area (Å²) in [6.45, 7) is 2.17. The number of imidazole rings is 1. The van der Waals surface area contributed by atoms with Crippen LogP contribution in [0.5, 0.6) is 0 Å². The SMILES string of the molecule is CCc1ccc(CCc2cn(C)c(N)n2)cc1. The van der Waals surface area contributed by atoms with Crippen LogP contribution in [0.15, 0.2) is 30.5 Å². The van der Waals surface area contributed by atoms with Gasteiger partial charge >= 0.3 is 0 Å². The van der Waals surface area contributed by atoms with Crippen molar-refractivity contribution < 1.29 is 0 Å². The number of aryl methyl sites for hydroxylation is 4. The summed E-state index contributed by atoms with van der Waals surface area (Å²) in [5.41, 5.74) is 9.50. The molecule has 3 heteroatoms. The van der Waals surface area contributed by atoms with E-state index in [9.17, 15) is 0 Å². The molecule has 1 heterocycles. The van der Waals surface area contributed by atoms with Crippen molar-refractivity contribution in [2.75, 3.05) is 5.73 Å². The van der Waals surface area contributed by atoms with E-state index >= 15 is 0 Å². The van der Waals surface area contributed by atoms with Gasteiger partial charge in [0.05, 0.1) is 5.69 Å². The quantitative estimate of drug-likeness (QED) is 0.874. The molecular weight excluding hydrogens is 210 g/mol. The van der Waals surface area contributed by atoms with Gasteiger partial charge in [-0.15, -0.1) is 0 Å². The van der Waals surface area contributed by atoms with Crippen molar-refractivity contribution in [2.24, 2.45) is 7.05 Å². The molecule has 0 spiro atoms. The summed E-state index contributed by atoms with van der Waals surface area (Å²) >= 11 is 0. The van der Waals surface area contributed by atoms with Gasteiger partial charge in [-0.2, -0.15) is 0 Å². The number of rotatable bonds is 4. The summed E-state index contributed by atoms with van der Waals surface area (Å²) in [6.07, 6.45) is 5.05. The Morgan fingerprint density at radius 1 is 1.12 bits per heavy atom. The van der Waals surface area contributed by atoms with E-state index in [0.29, 0.717) is 5.95 Å². The van der Waals surface area contributed by atoms with Gasteiger partial charge in [0.15, 0.2) is 5.95 Å². The molecule has 0 aliphatic heterocycles. The van der Waals surface area contributed by atoms with Crippen molar-refractivity contribution in [2.45, 2.75) is 26.2 Å². The largest absolute Gasteiger partial charge is 0.369 e. The highest BCUT2D eigenvalue weighted by atomic mass is 15.1. The minimum Gasteiger partial charge on any atom is -0.369 e. The third kappa shape index (κ3) is 2.87. The first-order valence-electron chi connectivity index (χ1n) is 6.04. The summed E-state index contributed by atoms with van der Waals surface area (Å²) in [4.78, 5) is 4.30. The van der Waals surface area contributed by atoms with Crippen LogP contribution in [0, 0.1) is 0 Å². The highest BCUT2D eigenvalue weighted by molar-refractivity contribution is 5.25. The number of nitrogens with zero attached hydrogens (tertiary/aromatic N) is 2. The highest BCUT2D eigenvalue weighted by Crippen LogP contribution is 2.10. The van der Waals surface area contributed by atoms with E-state index in [1.807, 2.05) is 17.8 Å². The Morgan fingerprint density at radius 3 is 2.29 bits per heavy atom. The fraction of sp³-hybridized carbons (Fsp3) is 0.357. The molecule has 2 aromatic rings. The van der Waals surface area contributed by atoms with Crippen LogP contribution in [0.25, 0.3) is 0 Å². The smallest absolute Gasteiger partial charge is 0.200 e. The lowest BCUT2D eigenvalue weighted by Gasteiger charge is -2.01. The normalized spacial score (nSPS) is 10.7. The van der Waals surface area contributed by atoms with Crippen LogP contribution in [0.4, 0.5) is 5.95 Å². The van der Waals surface area contributed by atoms with E-state index in [0.717, 1.165) is 25.0 Å². The molecule has 0 amide bonds. The number of anilines is 1. The maximum atomic E-state index is 5.70. The van der Waals surface area contributed by atoms with Gasteiger partial charge in [0.2, 0.25) is 0 Å². The first kappa shape index (κ1) is 11.7. The predicted octanol–water partition coefficient (Wildman–Crippen LogP) is 2.35. The second-order valence-corrected chi connectivity index (χ2v) is 4.37. The first-order valence-corrected chi connectivity index (χ1v) is 6.04. The highest BCUT2D eigenvalue weighted by Gasteiger charge is 2.02. The standard InChI is InChI=1S/C14H19N3/c1-3-11-4-6-12(7-5-11)8-9-13-10-17(2)14(15)16-13/h4-7,10H,3,8-9H2,1-2H3,(H2,15,16). The predicted molar refractivity (Wildman–Crippen MR) is 70.8 cm³/mol. The minimum absolute atomic E-state index is 0.585. The molecule has 1 aromatic heterocycles. The molecule has 0 saturated heterocycles. The molecule has 0 bridgehead atoms. The van der Waals surface area contributed by atoms with Crippen molar-refractivity contribution >= 4 is 5.95 Å². The zero-order valence-electron chi connectivity index (χ0n) is 10.5. The number of aromatic nitrogens is 2. The molecule has 90 valence electrons. The van der Waals surface area contributed by atoms with Crippen molar-refractivity contribution in [3.63, 3.8) is 0 Å². The van der Waals surface area contributed by atoms with E-state index < -0.39 is 0 Å². The Morgan fingerprint density at radius 2 is 1.76 bits per heavy atom. The van der Waals surface area contributed by atoms with E-state index in [1.54, 1.807) is 0 Å². The minimum atomic E-state index is 0.585. The molecule has 0 saturated carbocycles. The molecule has 17 heavy (non-hydrogen) atoms. The van der Waals surface area contributed by atoms with Crippen LogP contribution in [0.2, 0.25) is 0 Å². The fourth-order valence-corrected chi connectivity index (χ4v) is 1.88. The third-order valence-electron chi connectivity index (χ3n) is 3.06. The van der Waals surface area contributed by atoms with Gasteiger partial charge in [-0.05, 0) is 30.4 Å². The maximum absolute atomic E-state index is 5.70. The molecule has 3 nitrogen and oxygen atoms in total. The van der Waals surface area contributed by atoms with Gasteiger partial charge in [-0.1, -0.05) is 31.2 Å². The second kappa shape index (κ2) is 5.04. The van der Waals surface area contributed by atoms with Crippen molar-refractivity contribution in [3.8, 4) is 0 Å². The monoisotopic (exact) mass is 229 g/mol. The summed E-state index contributed by atoms with van der Waals surface area (Å²) < 4.78 is 1.86. The zero-order chi connectivity index (χ0) is 12.3. The topological polar surface area (TPSA) is 43.8 Å². The number of hydrogen-bond acceptors (Lipinski definition) is 2. The Balaban J connectivity index is 1.97. The summed E-state index contributed by atoms with van der Waals surface area (Å²) in [6, 6.07) is 8.79. The second-order valence-electron chi connectivity index (χ2n) is 4.37. The molecule has 0 aliphatic carbocycles. The van der Waals surface area contributed by atoms with E-state index in [2.05, 4.69) is 36.2 Å². The van der Waals surface area contributed by atoms with Crippen LogP contribution in [0.3, 0.4) is 0 Å². The Kier molecular flexibility index (Phi) is 3.47. The van der Waals surface area contributed by atoms with Crippen LogP contribution >= 0.6 is 0 Å². The zero-order valence-corrected chi connectivity index (χ0v) is 10.5. The van der Waals surface area contributed by atoms with Gasteiger partial charge in [0.1, 0.15) is 0 Å². The molecule has 2 rings (SSSR count). The van der Waals surface area contributed by atoms with Crippen molar-refractivity contribution in [3.05, 3.63) is 47.3 Å². The molecule has 0 fully saturated rings. The average Bonchev–Trinajstić information content (AvgIpc) is 2.67. The molecule has 1 aromatic carbocycles. The molecule has 0 radical (unpaired) electrons. The summed E-state index contributed by atoms with van der Waals surface area (Å²) in [5.74, 6) is 0.585. The number of benzene rings is 1. The van der Waals surface area contributed by atoms with E-state index in [1.165, 1.54) is 11.1 Å². The Hall–Kier alpha value is -1.77. The maximum Gasteiger partial charge on any atom is 0.200 e. The lowest BCUT2D eigenvalue weighted by Crippen LogP contribution is -1.95. The van der Waals surface area contributed by atoms with E-state index in [-0.39, 0.29) is 0 Å². The number of nitrogens with two attached hydrogens (primary N) is 1. The number of nitrogen functional groups attached to an aromatic ring is 1. The fourth-order valence-electron chi connectivity index (χ4n) is 1.88. The van der Waals surface area contributed by atoms with Gasteiger partial charge in [0, 0.05) is 13.2 Å². The molecule has 2 N–H and O–H groups in total. The molecule has 0 unspecified atom stereocenters. The van der Waals surface area contributed by atoms with Gasteiger partial charge < -0.3 is 10.3 Å². The Bertz CT molecular complexity index is 463. The molecule has 0 aliphatic rings. The molecule has 0 atom stereocenters. The number of hydrogen-bond donors (Lipinski definition) is 1. The van der Waals surface area contributed by atoms with Crippen LogP contribution in [0.1, 0.15) is 23.7 Å². The third-order valence-corrected chi connectivity index (χ3v) is 3.06. The van der Waals surface area contributed by atoms with Crippen molar-refractivity contribution in [1.29, 1.82) is 0 Å². The summed E-state index contributed by atoms with van der Waals surface area (Å²) in [5, 5.41) is 0. The average molecular weight is 229 g/mol. The van der Waals surface area contributed by atoms with Gasteiger partial charge in [-0.25, -0.2) is 4.98 Å². The van der Waals surface area contributed by atoms with Gasteiger partial charge in [0.25, 0.3) is 0 Å². The molecular formula is C14H19N3. The lowest BCUT2D eigenvalue weighted by molar-refractivity contribution is 0.908. The lowest BCUT2D eigenvalue weighted by atomic mass is 10.1. The van der Waals surface area contributed by atoms with Gasteiger partial charge in [-0.3, -0.25) is 0 Å². The summed E-state index contributed by atoms with van der Waals surface area (Å²) in [7, 11) is 1.92. The van der Waals surface area contributed by atoms with Crippen molar-refractivity contribution in [1.82, 2.24) is 9.55 Å². The van der Waals surface area contributed by atoms with Crippen LogP contribution in [-0.2, 0) is 26.3 Å². The van der Waals surface area contributed by atoms with Crippen LogP contribution in [-0.4, -0.2) is 9.55 Å².